The van der Waals surface area contributed by atoms with E-state index >= 15 is 0 Å². The minimum Gasteiger partial charge on any atom is -0.490 e. The molecule has 2 saturated carbocycles. The van der Waals surface area contributed by atoms with Crippen LogP contribution >= 0.6 is 23.2 Å². The minimum absolute atomic E-state index is 0.0268. The number of amides is 1. The molecule has 3 aromatic rings. The molecule has 2 aliphatic carbocycles. The number of hydrogen-bond acceptors (Lipinski definition) is 4. The van der Waals surface area contributed by atoms with Gasteiger partial charge in [-0.3, -0.25) is 4.79 Å². The molecule has 3 fully saturated rings. The Morgan fingerprint density at radius 1 is 1.00 bits per heavy atom. The van der Waals surface area contributed by atoms with E-state index in [1.165, 1.54) is 34.4 Å². The summed E-state index contributed by atoms with van der Waals surface area (Å²) in [5.74, 6) is 1.81. The Balaban J connectivity index is 1.13. The Morgan fingerprint density at radius 3 is 2.43 bits per heavy atom. The van der Waals surface area contributed by atoms with Crippen LogP contribution in [-0.4, -0.2) is 43.2 Å². The van der Waals surface area contributed by atoms with Crippen LogP contribution in [0.5, 0.6) is 11.5 Å². The highest BCUT2D eigenvalue weighted by Crippen LogP contribution is 2.50. The van der Waals surface area contributed by atoms with E-state index in [-0.39, 0.29) is 40.8 Å². The number of nitrogens with zero attached hydrogens (tertiary/aromatic N) is 1. The number of benzene rings is 3. The number of hydrogen-bond donors (Lipinski definition) is 1. The standard InChI is InChI=1S/C34H37Cl2FN2O3/c1-20-4-3-5-23(21(20)2)19-39(26-8-9-26)34(40)32-28(14-24-17-38-18-29(24)32)22-6-10-27(11-7-22)41-12-13-42-33-30(35)15-25(37)16-31(33)36/h3-7,10-11,15-16,24,26,28-29,32,38H,8-9,12-14,17-19H2,1-2H3/t24-,28-,29+,32+/m1/s1. The molecule has 0 bridgehead atoms. The molecule has 1 amide bonds. The number of halogens is 3. The smallest absolute Gasteiger partial charge is 0.227 e. The minimum atomic E-state index is -0.513. The first-order valence-corrected chi connectivity index (χ1v) is 15.6. The summed E-state index contributed by atoms with van der Waals surface area (Å²) in [6.07, 6.45) is 3.20. The molecule has 6 rings (SSSR count). The quantitative estimate of drug-likeness (QED) is 0.244. The van der Waals surface area contributed by atoms with Crippen LogP contribution in [0.25, 0.3) is 0 Å². The van der Waals surface area contributed by atoms with Gasteiger partial charge in [-0.1, -0.05) is 53.5 Å². The molecular formula is C34H37Cl2FN2O3. The number of rotatable bonds is 10. The van der Waals surface area contributed by atoms with E-state index in [4.69, 9.17) is 32.7 Å². The summed E-state index contributed by atoms with van der Waals surface area (Å²) in [6.45, 7) is 7.36. The normalized spacial score (nSPS) is 23.1. The molecule has 0 unspecified atom stereocenters. The van der Waals surface area contributed by atoms with Gasteiger partial charge in [0.15, 0.2) is 5.75 Å². The summed E-state index contributed by atoms with van der Waals surface area (Å²) in [5, 5.41) is 3.80. The summed E-state index contributed by atoms with van der Waals surface area (Å²) in [4.78, 5) is 16.6. The van der Waals surface area contributed by atoms with Gasteiger partial charge >= 0.3 is 0 Å². The SMILES string of the molecule is Cc1cccc(CN(C(=O)[C@@H]2[C@H]3CNC[C@H]3C[C@@H]2c2ccc(OCCOc3c(Cl)cc(F)cc3Cl)cc2)C2CC2)c1C. The molecule has 222 valence electrons. The molecule has 0 spiro atoms. The molecule has 3 aliphatic rings. The lowest BCUT2D eigenvalue weighted by molar-refractivity contribution is -0.138. The van der Waals surface area contributed by atoms with Crippen molar-refractivity contribution in [3.63, 3.8) is 0 Å². The number of carbonyl (C=O) groups excluding carboxylic acids is 1. The molecule has 3 aromatic carbocycles. The van der Waals surface area contributed by atoms with Crippen LogP contribution in [0.1, 0.15) is 47.4 Å². The first kappa shape index (κ1) is 29.3. The first-order valence-electron chi connectivity index (χ1n) is 14.9. The van der Waals surface area contributed by atoms with Gasteiger partial charge in [0.05, 0.1) is 10.0 Å². The van der Waals surface area contributed by atoms with Crippen LogP contribution in [0.15, 0.2) is 54.6 Å². The van der Waals surface area contributed by atoms with Crippen molar-refractivity contribution in [2.24, 2.45) is 17.8 Å². The predicted octanol–water partition coefficient (Wildman–Crippen LogP) is 7.34. The van der Waals surface area contributed by atoms with E-state index in [0.717, 1.165) is 38.1 Å². The van der Waals surface area contributed by atoms with E-state index < -0.39 is 5.82 Å². The molecular weight excluding hydrogens is 574 g/mol. The fraction of sp³-hybridized carbons (Fsp3) is 0.441. The van der Waals surface area contributed by atoms with Gasteiger partial charge in [0.2, 0.25) is 5.91 Å². The molecule has 5 nitrogen and oxygen atoms in total. The Kier molecular flexibility index (Phi) is 8.67. The maximum Gasteiger partial charge on any atom is 0.227 e. The molecule has 1 heterocycles. The monoisotopic (exact) mass is 610 g/mol. The van der Waals surface area contributed by atoms with Crippen LogP contribution in [0.4, 0.5) is 4.39 Å². The van der Waals surface area contributed by atoms with Crippen LogP contribution in [-0.2, 0) is 11.3 Å². The summed E-state index contributed by atoms with van der Waals surface area (Å²) >= 11 is 12.1. The van der Waals surface area contributed by atoms with Gasteiger partial charge in [-0.05, 0) is 110 Å². The van der Waals surface area contributed by atoms with Gasteiger partial charge in [-0.15, -0.1) is 0 Å². The first-order chi connectivity index (χ1) is 20.3. The maximum atomic E-state index is 14.4. The zero-order chi connectivity index (χ0) is 29.4. The number of ether oxygens (including phenoxy) is 2. The number of carbonyl (C=O) groups is 1. The van der Waals surface area contributed by atoms with E-state index in [9.17, 15) is 9.18 Å². The summed E-state index contributed by atoms with van der Waals surface area (Å²) in [7, 11) is 0. The van der Waals surface area contributed by atoms with Crippen LogP contribution < -0.4 is 14.8 Å². The van der Waals surface area contributed by atoms with Crippen molar-refractivity contribution < 1.29 is 18.7 Å². The average Bonchev–Trinajstić information content (AvgIpc) is 3.59. The van der Waals surface area contributed by atoms with Crippen molar-refractivity contribution in [1.82, 2.24) is 10.2 Å². The zero-order valence-corrected chi connectivity index (χ0v) is 25.6. The number of nitrogens with one attached hydrogen (secondary N) is 1. The number of fused-ring (bicyclic) bond motifs is 1. The average molecular weight is 612 g/mol. The maximum absolute atomic E-state index is 14.4. The lowest BCUT2D eigenvalue weighted by Gasteiger charge is -2.32. The zero-order valence-electron chi connectivity index (χ0n) is 24.0. The second-order valence-corrected chi connectivity index (χ2v) is 12.8. The highest BCUT2D eigenvalue weighted by Gasteiger charge is 2.51. The Hall–Kier alpha value is -2.80. The van der Waals surface area contributed by atoms with Gasteiger partial charge in [-0.2, -0.15) is 0 Å². The lowest BCUT2D eigenvalue weighted by Crippen LogP contribution is -2.41. The fourth-order valence-corrected chi connectivity index (χ4v) is 7.38. The molecule has 0 aromatic heterocycles. The van der Waals surface area contributed by atoms with Crippen molar-refractivity contribution in [2.45, 2.75) is 51.6 Å². The van der Waals surface area contributed by atoms with Gasteiger partial charge in [-0.25, -0.2) is 4.39 Å². The third-order valence-corrected chi connectivity index (χ3v) is 9.89. The predicted molar refractivity (Wildman–Crippen MR) is 164 cm³/mol. The lowest BCUT2D eigenvalue weighted by atomic mass is 9.83. The molecule has 4 atom stereocenters. The summed E-state index contributed by atoms with van der Waals surface area (Å²) in [6, 6.07) is 17.2. The molecule has 0 radical (unpaired) electrons. The Morgan fingerprint density at radius 2 is 1.71 bits per heavy atom. The molecule has 8 heteroatoms. The van der Waals surface area contributed by atoms with Crippen LogP contribution in [0.2, 0.25) is 10.0 Å². The third-order valence-electron chi connectivity index (χ3n) is 9.33. The molecule has 1 N–H and O–H groups in total. The third kappa shape index (κ3) is 6.13. The van der Waals surface area contributed by atoms with Crippen molar-refractivity contribution >= 4 is 29.1 Å². The Labute approximate surface area is 257 Å². The van der Waals surface area contributed by atoms with E-state index in [2.05, 4.69) is 54.4 Å². The number of aryl methyl sites for hydroxylation is 1. The largest absolute Gasteiger partial charge is 0.490 e. The topological polar surface area (TPSA) is 50.8 Å². The molecule has 1 aliphatic heterocycles. The van der Waals surface area contributed by atoms with Crippen molar-refractivity contribution in [3.05, 3.63) is 92.7 Å². The van der Waals surface area contributed by atoms with Gasteiger partial charge in [0, 0.05) is 18.5 Å². The fourth-order valence-electron chi connectivity index (χ4n) is 6.81. The molecule has 42 heavy (non-hydrogen) atoms. The van der Waals surface area contributed by atoms with Crippen LogP contribution in [0, 0.1) is 37.4 Å². The second kappa shape index (κ2) is 12.4. The van der Waals surface area contributed by atoms with Gasteiger partial charge in [0.1, 0.15) is 24.8 Å². The van der Waals surface area contributed by atoms with E-state index in [1.54, 1.807) is 0 Å². The van der Waals surface area contributed by atoms with Gasteiger partial charge in [0.25, 0.3) is 0 Å². The summed E-state index contributed by atoms with van der Waals surface area (Å²) in [5.41, 5.74) is 5.00. The highest BCUT2D eigenvalue weighted by molar-refractivity contribution is 6.37. The van der Waals surface area contributed by atoms with Crippen molar-refractivity contribution in [3.8, 4) is 11.5 Å². The van der Waals surface area contributed by atoms with Gasteiger partial charge < -0.3 is 19.7 Å². The highest BCUT2D eigenvalue weighted by atomic mass is 35.5. The van der Waals surface area contributed by atoms with Crippen molar-refractivity contribution in [1.29, 1.82) is 0 Å². The second-order valence-electron chi connectivity index (χ2n) is 12.0. The van der Waals surface area contributed by atoms with E-state index in [0.29, 0.717) is 30.3 Å². The molecule has 1 saturated heterocycles. The Bertz CT molecular complexity index is 1420. The van der Waals surface area contributed by atoms with Crippen LogP contribution in [0.3, 0.4) is 0 Å². The summed E-state index contributed by atoms with van der Waals surface area (Å²) < 4.78 is 24.9. The van der Waals surface area contributed by atoms with Crippen molar-refractivity contribution in [2.75, 3.05) is 26.3 Å². The van der Waals surface area contributed by atoms with E-state index in [1.807, 2.05) is 12.1 Å².